The van der Waals surface area contributed by atoms with Gasteiger partial charge in [0.25, 0.3) is 0 Å². The summed E-state index contributed by atoms with van der Waals surface area (Å²) in [6.45, 7) is -0.986. The minimum absolute atomic E-state index is 0.388. The maximum Gasteiger partial charge on any atom is 0.490 e. The molecule has 32 heteroatoms. The molecule has 0 unspecified atom stereocenters. The van der Waals surface area contributed by atoms with E-state index in [2.05, 4.69) is 17.7 Å². The fraction of sp³-hybridized carbons (Fsp3) is 0.727. The van der Waals surface area contributed by atoms with Crippen molar-refractivity contribution in [2.24, 2.45) is 0 Å². The SMILES string of the molecule is CCO[Si](OCC)(C(F)=C(F)F)C(F)(F)C(F)(F)C(F)(F)C(F)(F)C(F)(F)C(F)(F)C(F)(F)C(F)(F)F.CCO[Si](OCC)(C(F)=C(F)F)C(F)=C(F)F. The van der Waals surface area contributed by atoms with Gasteiger partial charge >= 0.3 is 82.6 Å². The maximum atomic E-state index is 14.5. The molecule has 0 heterocycles. The van der Waals surface area contributed by atoms with Crippen LogP contribution in [0.1, 0.15) is 27.7 Å². The fourth-order valence-corrected chi connectivity index (χ4v) is 8.14. The van der Waals surface area contributed by atoms with Crippen LogP contribution >= 0.6 is 0 Å². The van der Waals surface area contributed by atoms with Crippen LogP contribution in [0.4, 0.5) is 114 Å². The van der Waals surface area contributed by atoms with E-state index in [0.29, 0.717) is 13.8 Å². The molecule has 0 aromatic carbocycles. The van der Waals surface area contributed by atoms with Crippen molar-refractivity contribution in [3.63, 3.8) is 0 Å². The zero-order chi connectivity index (χ0) is 44.1. The van der Waals surface area contributed by atoms with E-state index in [1.165, 1.54) is 13.8 Å². The van der Waals surface area contributed by atoms with E-state index in [0.717, 1.165) is 0 Å². The smallest absolute Gasteiger partial charge is 0.386 e. The standard InChI is InChI=1S/C14H10F20O2Si.C8H10F6O2Si/c1-3-35-37(36-4-2,6(17)5(15)16)14(33,34)12(28,29)10(24,25)8(20,21)7(18,19)9(22,23)11(26,27)13(30,31)32;1-3-15-17(16-4-2,7(13)5(9)10)8(14)6(11)12/h3-4H2,1-2H3;3-4H2,1-2H3. The first kappa shape index (κ1) is 53.8. The van der Waals surface area contributed by atoms with Gasteiger partial charge in [-0.05, 0) is 27.7 Å². The predicted molar refractivity (Wildman–Crippen MR) is 130 cm³/mol. The third kappa shape index (κ3) is 8.80. The predicted octanol–water partition coefficient (Wildman–Crippen LogP) is 11.4. The van der Waals surface area contributed by atoms with Crippen LogP contribution in [0.5, 0.6) is 0 Å². The summed E-state index contributed by atoms with van der Waals surface area (Å²) in [6, 6.07) is 0. The van der Waals surface area contributed by atoms with Crippen molar-refractivity contribution in [3.8, 4) is 0 Å². The van der Waals surface area contributed by atoms with Crippen molar-refractivity contribution in [3.05, 3.63) is 34.6 Å². The minimum Gasteiger partial charge on any atom is -0.386 e. The van der Waals surface area contributed by atoms with E-state index in [-0.39, 0.29) is 0 Å². The van der Waals surface area contributed by atoms with Crippen LogP contribution in [-0.2, 0) is 17.7 Å². The molecule has 4 nitrogen and oxygen atoms in total. The Kier molecular flexibility index (Phi) is 17.8. The van der Waals surface area contributed by atoms with E-state index in [1.54, 1.807) is 0 Å². The molecular weight excluding hydrogens is 878 g/mol. The molecule has 0 bridgehead atoms. The summed E-state index contributed by atoms with van der Waals surface area (Å²) in [5, 5.41) is 0. The van der Waals surface area contributed by atoms with Gasteiger partial charge in [-0.1, -0.05) is 0 Å². The summed E-state index contributed by atoms with van der Waals surface area (Å²) >= 11 is 0. The highest BCUT2D eigenvalue weighted by molar-refractivity contribution is 6.80. The summed E-state index contributed by atoms with van der Waals surface area (Å²) in [5.41, 5.74) is -16.3. The fourth-order valence-electron chi connectivity index (χ4n) is 3.44. The van der Waals surface area contributed by atoms with Crippen molar-refractivity contribution < 1.29 is 132 Å². The molecular formula is C22H20F26O4Si2. The molecule has 0 aliphatic carbocycles. The Hall–Kier alpha value is -2.33. The Morgan fingerprint density at radius 2 is 0.593 bits per heavy atom. The molecule has 0 N–H and O–H groups in total. The van der Waals surface area contributed by atoms with Gasteiger partial charge in [-0.25, -0.2) is 13.2 Å². The first-order chi connectivity index (χ1) is 23.8. The molecule has 0 spiro atoms. The van der Waals surface area contributed by atoms with E-state index in [1.807, 2.05) is 0 Å². The summed E-state index contributed by atoms with van der Waals surface area (Å²) in [4.78, 5) is 0. The second kappa shape index (κ2) is 17.9. The summed E-state index contributed by atoms with van der Waals surface area (Å²) in [7, 11) is -13.1. The Balaban J connectivity index is 0. The lowest BCUT2D eigenvalue weighted by atomic mass is 9.91. The van der Waals surface area contributed by atoms with Crippen LogP contribution < -0.4 is 0 Å². The van der Waals surface area contributed by atoms with Crippen molar-refractivity contribution in [2.75, 3.05) is 26.4 Å². The normalized spacial score (nSPS) is 14.3. The van der Waals surface area contributed by atoms with Gasteiger partial charge in [-0.15, -0.1) is 0 Å². The van der Waals surface area contributed by atoms with Gasteiger partial charge in [0.2, 0.25) is 16.4 Å². The molecule has 0 aromatic rings. The molecule has 0 amide bonds. The lowest BCUT2D eigenvalue weighted by molar-refractivity contribution is -0.459. The van der Waals surface area contributed by atoms with E-state index < -0.39 is 125 Å². The monoisotopic (exact) mass is 898 g/mol. The van der Waals surface area contributed by atoms with E-state index in [4.69, 9.17) is 0 Å². The molecule has 0 rings (SSSR count). The first-order valence-electron chi connectivity index (χ1n) is 13.2. The minimum atomic E-state index is -8.96. The number of rotatable bonds is 18. The molecule has 0 saturated heterocycles. The van der Waals surface area contributed by atoms with Gasteiger partial charge in [-0.2, -0.15) is 101 Å². The van der Waals surface area contributed by atoms with Crippen molar-refractivity contribution in [1.82, 2.24) is 0 Å². The molecule has 0 aliphatic rings. The number of halogens is 26. The Morgan fingerprint density at radius 3 is 0.815 bits per heavy atom. The number of alkyl halides is 17. The molecule has 0 saturated carbocycles. The largest absolute Gasteiger partial charge is 0.490 e. The van der Waals surface area contributed by atoms with Gasteiger partial charge in [0, 0.05) is 26.4 Å². The highest BCUT2D eigenvalue weighted by atomic mass is 28.4. The van der Waals surface area contributed by atoms with E-state index in [9.17, 15) is 114 Å². The van der Waals surface area contributed by atoms with Gasteiger partial charge in [-0.3, -0.25) is 0 Å². The summed E-state index contributed by atoms with van der Waals surface area (Å²) < 4.78 is 358. The molecule has 0 aromatic heterocycles. The second-order valence-corrected chi connectivity index (χ2v) is 14.8. The quantitative estimate of drug-likeness (QED) is 0.101. The van der Waals surface area contributed by atoms with Gasteiger partial charge < -0.3 is 17.7 Å². The van der Waals surface area contributed by atoms with Crippen LogP contribution in [0.15, 0.2) is 34.6 Å². The average Bonchev–Trinajstić information content (AvgIpc) is 3.02. The van der Waals surface area contributed by atoms with Crippen molar-refractivity contribution >= 4 is 17.1 Å². The van der Waals surface area contributed by atoms with Gasteiger partial charge in [0.05, 0.1) is 0 Å². The van der Waals surface area contributed by atoms with Crippen LogP contribution in [0, 0.1) is 0 Å². The Labute approximate surface area is 285 Å². The lowest BCUT2D eigenvalue weighted by Crippen LogP contribution is -2.78. The van der Waals surface area contributed by atoms with Crippen molar-refractivity contribution in [2.45, 2.75) is 75.0 Å². The van der Waals surface area contributed by atoms with Crippen LogP contribution in [0.25, 0.3) is 0 Å². The van der Waals surface area contributed by atoms with Gasteiger partial charge in [0.1, 0.15) is 0 Å². The van der Waals surface area contributed by atoms with Crippen LogP contribution in [0.2, 0.25) is 0 Å². The Morgan fingerprint density at radius 1 is 0.352 bits per heavy atom. The molecule has 0 aliphatic heterocycles. The third-order valence-electron chi connectivity index (χ3n) is 5.89. The topological polar surface area (TPSA) is 36.9 Å². The number of hydrogen-bond acceptors (Lipinski definition) is 4. The third-order valence-corrected chi connectivity index (χ3v) is 12.1. The highest BCUT2D eigenvalue weighted by Gasteiger charge is 2.97. The summed E-state index contributed by atoms with van der Waals surface area (Å²) in [5.74, 6) is -52.3. The zero-order valence-corrected chi connectivity index (χ0v) is 28.3. The van der Waals surface area contributed by atoms with E-state index >= 15 is 0 Å². The summed E-state index contributed by atoms with van der Waals surface area (Å²) in [6.07, 6.45) is -17.9. The first-order valence-corrected chi connectivity index (χ1v) is 16.8. The zero-order valence-electron chi connectivity index (χ0n) is 26.3. The molecule has 322 valence electrons. The average molecular weight is 899 g/mol. The lowest BCUT2D eigenvalue weighted by Gasteiger charge is -2.45. The molecule has 0 atom stereocenters. The number of hydrogen-bond donors (Lipinski definition) is 0. The second-order valence-electron chi connectivity index (χ2n) is 9.21. The molecule has 54 heavy (non-hydrogen) atoms. The highest BCUT2D eigenvalue weighted by Crippen LogP contribution is 2.65. The Bertz CT molecular complexity index is 1310. The van der Waals surface area contributed by atoms with Crippen LogP contribution in [-0.4, -0.2) is 90.8 Å². The maximum absolute atomic E-state index is 14.5. The van der Waals surface area contributed by atoms with Gasteiger partial charge in [0.15, 0.2) is 0 Å². The molecule has 0 fully saturated rings. The van der Waals surface area contributed by atoms with Crippen LogP contribution in [0.3, 0.4) is 0 Å². The van der Waals surface area contributed by atoms with Crippen molar-refractivity contribution in [1.29, 1.82) is 0 Å². The molecule has 0 radical (unpaired) electrons.